The lowest BCUT2D eigenvalue weighted by Crippen LogP contribution is -2.04. The van der Waals surface area contributed by atoms with E-state index < -0.39 is 17.6 Å². The number of anilines is 1. The number of nitrogens with two attached hydrogens (primary N) is 1. The van der Waals surface area contributed by atoms with Crippen molar-refractivity contribution in [2.75, 3.05) is 5.73 Å². The predicted octanol–water partition coefficient (Wildman–Crippen LogP) is 4.09. The van der Waals surface area contributed by atoms with Crippen molar-refractivity contribution < 1.29 is 17.6 Å². The van der Waals surface area contributed by atoms with Crippen LogP contribution >= 0.6 is 0 Å². The van der Waals surface area contributed by atoms with Gasteiger partial charge in [0.25, 0.3) is 0 Å². The maximum absolute atomic E-state index is 12.9. The van der Waals surface area contributed by atoms with Gasteiger partial charge in [-0.05, 0) is 35.9 Å². The van der Waals surface area contributed by atoms with Crippen molar-refractivity contribution in [1.82, 2.24) is 0 Å². The lowest BCUT2D eigenvalue weighted by atomic mass is 10.0. The van der Waals surface area contributed by atoms with E-state index in [4.69, 9.17) is 5.73 Å². The zero-order chi connectivity index (χ0) is 13.3. The number of rotatable bonds is 1. The van der Waals surface area contributed by atoms with Crippen molar-refractivity contribution in [3.05, 3.63) is 53.8 Å². The summed E-state index contributed by atoms with van der Waals surface area (Å²) in [5.74, 6) is -0.525. The summed E-state index contributed by atoms with van der Waals surface area (Å²) in [6, 6.07) is 8.36. The highest BCUT2D eigenvalue weighted by Gasteiger charge is 2.30. The molecule has 0 saturated heterocycles. The van der Waals surface area contributed by atoms with Crippen molar-refractivity contribution in [1.29, 1.82) is 0 Å². The number of alkyl halides is 3. The van der Waals surface area contributed by atoms with Crippen LogP contribution in [0.3, 0.4) is 0 Å². The summed E-state index contributed by atoms with van der Waals surface area (Å²) < 4.78 is 50.5. The van der Waals surface area contributed by atoms with Crippen molar-refractivity contribution in [3.8, 4) is 11.1 Å². The molecule has 94 valence electrons. The summed E-state index contributed by atoms with van der Waals surface area (Å²) in [6.07, 6.45) is -4.41. The molecule has 0 aliphatic rings. The number of nitrogen functional groups attached to an aromatic ring is 1. The molecule has 0 saturated carbocycles. The summed E-state index contributed by atoms with van der Waals surface area (Å²) in [5.41, 5.74) is 5.62. The zero-order valence-corrected chi connectivity index (χ0v) is 9.13. The second kappa shape index (κ2) is 4.33. The van der Waals surface area contributed by atoms with E-state index in [0.717, 1.165) is 24.3 Å². The largest absolute Gasteiger partial charge is 0.416 e. The molecule has 0 aliphatic carbocycles. The van der Waals surface area contributed by atoms with Gasteiger partial charge in [0.15, 0.2) is 0 Å². The third kappa shape index (κ3) is 2.45. The molecular formula is C13H9F4N. The highest BCUT2D eigenvalue weighted by atomic mass is 19.4. The maximum atomic E-state index is 12.9. The molecule has 2 N–H and O–H groups in total. The zero-order valence-electron chi connectivity index (χ0n) is 9.13. The second-order valence-corrected chi connectivity index (χ2v) is 3.81. The van der Waals surface area contributed by atoms with Crippen LogP contribution in [0.2, 0.25) is 0 Å². The third-order valence-corrected chi connectivity index (χ3v) is 2.51. The van der Waals surface area contributed by atoms with Gasteiger partial charge in [0.05, 0.1) is 5.56 Å². The Hall–Kier alpha value is -2.04. The number of hydrogen-bond donors (Lipinski definition) is 1. The Morgan fingerprint density at radius 2 is 1.67 bits per heavy atom. The number of benzene rings is 2. The van der Waals surface area contributed by atoms with E-state index in [1.807, 2.05) is 0 Å². The van der Waals surface area contributed by atoms with E-state index >= 15 is 0 Å². The van der Waals surface area contributed by atoms with Gasteiger partial charge in [-0.1, -0.05) is 12.1 Å². The van der Waals surface area contributed by atoms with E-state index in [1.165, 1.54) is 18.2 Å². The van der Waals surface area contributed by atoms with E-state index in [1.54, 1.807) is 0 Å². The molecule has 0 aliphatic heterocycles. The Morgan fingerprint density at radius 1 is 0.944 bits per heavy atom. The quantitative estimate of drug-likeness (QED) is 0.602. The summed E-state index contributed by atoms with van der Waals surface area (Å²) in [6.45, 7) is 0. The fourth-order valence-corrected chi connectivity index (χ4v) is 1.66. The minimum absolute atomic E-state index is 0.106. The van der Waals surface area contributed by atoms with Gasteiger partial charge in [0.1, 0.15) is 5.82 Å². The molecule has 5 heteroatoms. The molecule has 0 bridgehead atoms. The van der Waals surface area contributed by atoms with Crippen LogP contribution in [0.5, 0.6) is 0 Å². The molecule has 0 amide bonds. The fourth-order valence-electron chi connectivity index (χ4n) is 1.66. The van der Waals surface area contributed by atoms with Crippen molar-refractivity contribution in [2.24, 2.45) is 0 Å². The number of halogens is 4. The summed E-state index contributed by atoms with van der Waals surface area (Å²) in [4.78, 5) is 0. The van der Waals surface area contributed by atoms with Gasteiger partial charge in [-0.3, -0.25) is 0 Å². The molecule has 1 nitrogen and oxygen atoms in total. The second-order valence-electron chi connectivity index (χ2n) is 3.81. The van der Waals surface area contributed by atoms with Gasteiger partial charge in [-0.25, -0.2) is 4.39 Å². The van der Waals surface area contributed by atoms with Gasteiger partial charge < -0.3 is 5.73 Å². The molecule has 0 spiro atoms. The summed E-state index contributed by atoms with van der Waals surface area (Å²) >= 11 is 0. The van der Waals surface area contributed by atoms with Crippen molar-refractivity contribution in [3.63, 3.8) is 0 Å². The van der Waals surface area contributed by atoms with Crippen LogP contribution in [-0.4, -0.2) is 0 Å². The van der Waals surface area contributed by atoms with Crippen LogP contribution in [0.25, 0.3) is 11.1 Å². The standard InChI is InChI=1S/C13H9F4N/c14-10-4-5-11(12(18)7-10)8-2-1-3-9(6-8)13(15,16)17/h1-7H,18H2. The van der Waals surface area contributed by atoms with Crippen LogP contribution < -0.4 is 5.73 Å². The van der Waals surface area contributed by atoms with E-state index in [0.29, 0.717) is 11.1 Å². The molecule has 0 fully saturated rings. The molecule has 0 heterocycles. The molecule has 2 aromatic carbocycles. The summed E-state index contributed by atoms with van der Waals surface area (Å²) in [7, 11) is 0. The Kier molecular flexibility index (Phi) is 2.98. The van der Waals surface area contributed by atoms with E-state index in [9.17, 15) is 17.6 Å². The molecular weight excluding hydrogens is 246 g/mol. The first kappa shape index (κ1) is 12.4. The first-order valence-corrected chi connectivity index (χ1v) is 5.10. The van der Waals surface area contributed by atoms with E-state index in [2.05, 4.69) is 0 Å². The Balaban J connectivity index is 2.51. The van der Waals surface area contributed by atoms with Crippen molar-refractivity contribution >= 4 is 5.69 Å². The highest BCUT2D eigenvalue weighted by molar-refractivity contribution is 5.76. The van der Waals surface area contributed by atoms with Crippen LogP contribution in [0, 0.1) is 5.82 Å². The van der Waals surface area contributed by atoms with Gasteiger partial charge in [0.2, 0.25) is 0 Å². The molecule has 18 heavy (non-hydrogen) atoms. The van der Waals surface area contributed by atoms with Crippen LogP contribution in [0.4, 0.5) is 23.2 Å². The van der Waals surface area contributed by atoms with Crippen LogP contribution in [0.15, 0.2) is 42.5 Å². The maximum Gasteiger partial charge on any atom is 0.416 e. The topological polar surface area (TPSA) is 26.0 Å². The average molecular weight is 255 g/mol. The molecule has 0 aromatic heterocycles. The molecule has 2 aromatic rings. The van der Waals surface area contributed by atoms with Crippen LogP contribution in [0.1, 0.15) is 5.56 Å². The molecule has 2 rings (SSSR count). The first-order valence-electron chi connectivity index (χ1n) is 5.10. The minimum Gasteiger partial charge on any atom is -0.398 e. The Bertz CT molecular complexity index is 575. The smallest absolute Gasteiger partial charge is 0.398 e. The van der Waals surface area contributed by atoms with Gasteiger partial charge >= 0.3 is 6.18 Å². The monoisotopic (exact) mass is 255 g/mol. The minimum atomic E-state index is -4.41. The average Bonchev–Trinajstić information content (AvgIpc) is 2.28. The highest BCUT2D eigenvalue weighted by Crippen LogP contribution is 2.33. The Morgan fingerprint density at radius 3 is 2.28 bits per heavy atom. The Labute approximate surface area is 101 Å². The summed E-state index contributed by atoms with van der Waals surface area (Å²) in [5, 5.41) is 0. The third-order valence-electron chi connectivity index (χ3n) is 2.51. The lowest BCUT2D eigenvalue weighted by molar-refractivity contribution is -0.137. The number of hydrogen-bond acceptors (Lipinski definition) is 1. The molecule has 0 radical (unpaired) electrons. The predicted molar refractivity (Wildman–Crippen MR) is 61.3 cm³/mol. The molecule has 0 atom stereocenters. The SMILES string of the molecule is Nc1cc(F)ccc1-c1cccc(C(F)(F)F)c1. The fraction of sp³-hybridized carbons (Fsp3) is 0.0769. The van der Waals surface area contributed by atoms with Crippen molar-refractivity contribution in [2.45, 2.75) is 6.18 Å². The van der Waals surface area contributed by atoms with Gasteiger partial charge in [-0.2, -0.15) is 13.2 Å². The van der Waals surface area contributed by atoms with Crippen LogP contribution in [-0.2, 0) is 6.18 Å². The normalized spacial score (nSPS) is 11.6. The van der Waals surface area contributed by atoms with Gasteiger partial charge in [-0.15, -0.1) is 0 Å². The van der Waals surface area contributed by atoms with E-state index in [-0.39, 0.29) is 5.69 Å². The first-order chi connectivity index (χ1) is 8.38. The molecule has 0 unspecified atom stereocenters. The lowest BCUT2D eigenvalue weighted by Gasteiger charge is -2.10. The van der Waals surface area contributed by atoms with Gasteiger partial charge in [0, 0.05) is 11.3 Å².